The quantitative estimate of drug-likeness (QED) is 0.692. The predicted octanol–water partition coefficient (Wildman–Crippen LogP) is 2.81. The molecular weight excluding hydrogens is 376 g/mol. The van der Waals surface area contributed by atoms with E-state index in [1.807, 2.05) is 30.5 Å². The van der Waals surface area contributed by atoms with Crippen LogP contribution in [0.25, 0.3) is 10.9 Å². The third-order valence-corrected chi connectivity index (χ3v) is 7.91. The highest BCUT2D eigenvalue weighted by Crippen LogP contribution is 2.35. The molecule has 1 saturated heterocycles. The lowest BCUT2D eigenvalue weighted by atomic mass is 9.97. The third kappa shape index (κ3) is 3.10. The number of aromatic amines is 1. The van der Waals surface area contributed by atoms with Crippen molar-refractivity contribution in [2.45, 2.75) is 29.0 Å². The van der Waals surface area contributed by atoms with Gasteiger partial charge in [-0.1, -0.05) is 36.4 Å². The molecule has 1 aliphatic heterocycles. The Morgan fingerprint density at radius 2 is 1.79 bits per heavy atom. The molecule has 0 spiro atoms. The maximum Gasteiger partial charge on any atom is 0.242 e. The van der Waals surface area contributed by atoms with Gasteiger partial charge in [0, 0.05) is 26.0 Å². The minimum Gasteiger partial charge on any atom is -0.381 e. The van der Waals surface area contributed by atoms with Crippen LogP contribution in [0.15, 0.2) is 65.7 Å². The van der Waals surface area contributed by atoms with Gasteiger partial charge in [-0.25, -0.2) is 8.42 Å². The van der Waals surface area contributed by atoms with Gasteiger partial charge in [-0.3, -0.25) is 4.79 Å². The summed E-state index contributed by atoms with van der Waals surface area (Å²) in [5, 5.41) is 3.92. The van der Waals surface area contributed by atoms with Crippen LogP contribution in [0, 0.1) is 0 Å². The van der Waals surface area contributed by atoms with Crippen LogP contribution in [0.5, 0.6) is 0 Å². The molecule has 1 amide bonds. The van der Waals surface area contributed by atoms with E-state index in [1.165, 1.54) is 0 Å². The molecular formula is C21H22N2O4S. The fraction of sp³-hybridized carbons (Fsp3) is 0.286. The van der Waals surface area contributed by atoms with E-state index in [1.54, 1.807) is 30.3 Å². The van der Waals surface area contributed by atoms with Crippen LogP contribution in [0.4, 0.5) is 0 Å². The van der Waals surface area contributed by atoms with Crippen molar-refractivity contribution in [2.75, 3.05) is 13.2 Å². The summed E-state index contributed by atoms with van der Waals surface area (Å²) in [5.41, 5.74) is 1.85. The van der Waals surface area contributed by atoms with Crippen molar-refractivity contribution in [2.24, 2.45) is 0 Å². The van der Waals surface area contributed by atoms with E-state index < -0.39 is 20.5 Å². The number of benzene rings is 2. The molecule has 28 heavy (non-hydrogen) atoms. The van der Waals surface area contributed by atoms with Crippen molar-refractivity contribution < 1.29 is 17.9 Å². The maximum atomic E-state index is 13.4. The van der Waals surface area contributed by atoms with Crippen LogP contribution < -0.4 is 5.32 Å². The number of fused-ring (bicyclic) bond motifs is 1. The van der Waals surface area contributed by atoms with Crippen LogP contribution in [0.3, 0.4) is 0 Å². The summed E-state index contributed by atoms with van der Waals surface area (Å²) in [5.74, 6) is -0.469. The topological polar surface area (TPSA) is 88.3 Å². The number of nitrogens with one attached hydrogen (secondary N) is 2. The highest BCUT2D eigenvalue weighted by atomic mass is 32.2. The fourth-order valence-electron chi connectivity index (χ4n) is 3.78. The molecule has 2 heterocycles. The van der Waals surface area contributed by atoms with Gasteiger partial charge >= 0.3 is 0 Å². The molecule has 1 aromatic heterocycles. The molecule has 1 fully saturated rings. The molecule has 1 aliphatic rings. The third-order valence-electron chi connectivity index (χ3n) is 5.40. The molecule has 146 valence electrons. The molecule has 0 aliphatic carbocycles. The molecule has 4 rings (SSSR count). The van der Waals surface area contributed by atoms with E-state index in [2.05, 4.69) is 10.3 Å². The molecule has 7 heteroatoms. The van der Waals surface area contributed by atoms with Crippen molar-refractivity contribution in [1.82, 2.24) is 10.3 Å². The van der Waals surface area contributed by atoms with Gasteiger partial charge in [-0.05, 0) is 42.0 Å². The first kappa shape index (κ1) is 18.7. The number of carbonyl (C=O) groups excluding carboxylic acids is 1. The smallest absolute Gasteiger partial charge is 0.242 e. The highest BCUT2D eigenvalue weighted by molar-refractivity contribution is 7.93. The van der Waals surface area contributed by atoms with Crippen molar-refractivity contribution in [3.63, 3.8) is 0 Å². The molecule has 0 saturated carbocycles. The second-order valence-electron chi connectivity index (χ2n) is 6.96. The summed E-state index contributed by atoms with van der Waals surface area (Å²) >= 11 is 0. The monoisotopic (exact) mass is 398 g/mol. The Bertz CT molecular complexity index is 1080. The molecule has 6 nitrogen and oxygen atoms in total. The summed E-state index contributed by atoms with van der Waals surface area (Å²) in [6, 6.07) is 16.0. The Hall–Kier alpha value is -2.64. The zero-order valence-corrected chi connectivity index (χ0v) is 16.2. The normalized spacial score (nSPS) is 16.7. The first-order valence-corrected chi connectivity index (χ1v) is 10.7. The first-order valence-electron chi connectivity index (χ1n) is 9.25. The van der Waals surface area contributed by atoms with Gasteiger partial charge in [0.25, 0.3) is 0 Å². The summed E-state index contributed by atoms with van der Waals surface area (Å²) < 4.78 is 30.7. The Balaban J connectivity index is 1.64. The molecule has 0 unspecified atom stereocenters. The van der Waals surface area contributed by atoms with Crippen molar-refractivity contribution >= 4 is 26.6 Å². The minimum absolute atomic E-state index is 0.142. The standard InChI is InChI=1S/C21H22N2O4S/c24-20(23-15-17-6-4-5-16-9-12-22-19(16)17)21(10-13-27-14-11-21)28(25,26)18-7-2-1-3-8-18/h1-9,12,22H,10-11,13-15H2,(H,23,24). The van der Waals surface area contributed by atoms with E-state index in [-0.39, 0.29) is 37.5 Å². The Labute approximate surface area is 163 Å². The van der Waals surface area contributed by atoms with E-state index in [4.69, 9.17) is 4.74 Å². The second-order valence-corrected chi connectivity index (χ2v) is 9.22. The molecule has 0 atom stereocenters. The van der Waals surface area contributed by atoms with Crippen molar-refractivity contribution in [3.8, 4) is 0 Å². The molecule has 2 aromatic carbocycles. The number of H-pyrrole nitrogens is 1. The zero-order chi connectivity index (χ0) is 19.6. The number of hydrogen-bond acceptors (Lipinski definition) is 4. The highest BCUT2D eigenvalue weighted by Gasteiger charge is 2.52. The number of sulfone groups is 1. The Morgan fingerprint density at radius 1 is 1.04 bits per heavy atom. The van der Waals surface area contributed by atoms with Gasteiger partial charge in [-0.2, -0.15) is 0 Å². The Kier molecular flexibility index (Phi) is 4.95. The lowest BCUT2D eigenvalue weighted by Gasteiger charge is -2.35. The van der Waals surface area contributed by atoms with Gasteiger partial charge in [0.05, 0.1) is 10.4 Å². The van der Waals surface area contributed by atoms with Gasteiger partial charge < -0.3 is 15.0 Å². The average molecular weight is 398 g/mol. The molecule has 3 aromatic rings. The SMILES string of the molecule is O=C(NCc1cccc2cc[nH]c12)C1(S(=O)(=O)c2ccccc2)CCOCC1. The predicted molar refractivity (Wildman–Crippen MR) is 107 cm³/mol. The summed E-state index contributed by atoms with van der Waals surface area (Å²) in [6.07, 6.45) is 2.13. The van der Waals surface area contributed by atoms with E-state index in [0.717, 1.165) is 16.5 Å². The van der Waals surface area contributed by atoms with Crippen LogP contribution in [0.2, 0.25) is 0 Å². The Morgan fingerprint density at radius 3 is 2.54 bits per heavy atom. The maximum absolute atomic E-state index is 13.4. The summed E-state index contributed by atoms with van der Waals surface area (Å²) in [4.78, 5) is 16.6. The van der Waals surface area contributed by atoms with Crippen LogP contribution in [0.1, 0.15) is 18.4 Å². The molecule has 2 N–H and O–H groups in total. The summed E-state index contributed by atoms with van der Waals surface area (Å²) in [6.45, 7) is 0.737. The number of aromatic nitrogens is 1. The lowest BCUT2D eigenvalue weighted by Crippen LogP contribution is -2.55. The van der Waals surface area contributed by atoms with E-state index >= 15 is 0 Å². The van der Waals surface area contributed by atoms with E-state index in [0.29, 0.717) is 0 Å². The average Bonchev–Trinajstić information content (AvgIpc) is 3.22. The van der Waals surface area contributed by atoms with Gasteiger partial charge in [-0.15, -0.1) is 0 Å². The van der Waals surface area contributed by atoms with Gasteiger partial charge in [0.15, 0.2) is 14.6 Å². The zero-order valence-electron chi connectivity index (χ0n) is 15.4. The number of para-hydroxylation sites is 1. The van der Waals surface area contributed by atoms with Crippen molar-refractivity contribution in [3.05, 3.63) is 66.4 Å². The summed E-state index contributed by atoms with van der Waals surface area (Å²) in [7, 11) is -3.86. The minimum atomic E-state index is -3.86. The van der Waals surface area contributed by atoms with Crippen LogP contribution in [-0.2, 0) is 25.9 Å². The first-order chi connectivity index (χ1) is 13.5. The largest absolute Gasteiger partial charge is 0.381 e. The lowest BCUT2D eigenvalue weighted by molar-refractivity contribution is -0.126. The number of ether oxygens (including phenoxy) is 1. The molecule has 0 bridgehead atoms. The van der Waals surface area contributed by atoms with Gasteiger partial charge in [0.2, 0.25) is 5.91 Å². The number of hydrogen-bond donors (Lipinski definition) is 2. The number of carbonyl (C=O) groups is 1. The molecule has 0 radical (unpaired) electrons. The van der Waals surface area contributed by atoms with Crippen LogP contribution in [-0.4, -0.2) is 37.3 Å². The number of rotatable bonds is 5. The number of amides is 1. The van der Waals surface area contributed by atoms with Crippen LogP contribution >= 0.6 is 0 Å². The van der Waals surface area contributed by atoms with Gasteiger partial charge in [0.1, 0.15) is 0 Å². The fourth-order valence-corrected chi connectivity index (χ4v) is 5.76. The van der Waals surface area contributed by atoms with Crippen molar-refractivity contribution in [1.29, 1.82) is 0 Å². The van der Waals surface area contributed by atoms with E-state index in [9.17, 15) is 13.2 Å². The second kappa shape index (κ2) is 7.41.